The number of amides is 2. The molecule has 0 bridgehead atoms. The molecule has 0 spiro atoms. The summed E-state index contributed by atoms with van der Waals surface area (Å²) in [6.07, 6.45) is 2.55. The van der Waals surface area contributed by atoms with Gasteiger partial charge in [0.15, 0.2) is 5.82 Å². The number of rotatable bonds is 4. The Bertz CT molecular complexity index is 1500. The number of carbonyl (C=O) groups excluding carboxylic acids is 2. The maximum atomic E-state index is 13.2. The van der Waals surface area contributed by atoms with Gasteiger partial charge in [-0.25, -0.2) is 23.4 Å². The number of hydrogen-bond acceptors (Lipinski definition) is 5. The average Bonchev–Trinajstić information content (AvgIpc) is 3.47. The first-order valence-electron chi connectivity index (χ1n) is 11.7. The number of anilines is 1. The third-order valence-electron chi connectivity index (χ3n) is 6.81. The third-order valence-corrected chi connectivity index (χ3v) is 6.81. The van der Waals surface area contributed by atoms with Crippen molar-refractivity contribution in [3.05, 3.63) is 65.9 Å². The Morgan fingerprint density at radius 2 is 1.97 bits per heavy atom. The fourth-order valence-corrected chi connectivity index (χ4v) is 4.72. The van der Waals surface area contributed by atoms with Crippen LogP contribution in [0.25, 0.3) is 17.0 Å². The van der Waals surface area contributed by atoms with E-state index in [1.807, 2.05) is 43.3 Å². The largest absolute Gasteiger partial charge is 0.333 e. The molecule has 184 valence electrons. The first-order valence-corrected chi connectivity index (χ1v) is 11.7. The van der Waals surface area contributed by atoms with Crippen LogP contribution < -0.4 is 5.32 Å². The Kier molecular flexibility index (Phi) is 5.09. The van der Waals surface area contributed by atoms with Crippen LogP contribution in [0.3, 0.4) is 0 Å². The SMILES string of the molecule is Cc1ccc(-c2nc3n(n2)CCN(C(=O)C2CC(F)(F)C2)C3)cc1NC(=O)c1cnc2ccccn12. The van der Waals surface area contributed by atoms with Gasteiger partial charge in [-0.15, -0.1) is 0 Å². The van der Waals surface area contributed by atoms with Crippen LogP contribution in [-0.4, -0.2) is 53.3 Å². The van der Waals surface area contributed by atoms with E-state index in [4.69, 9.17) is 0 Å². The molecule has 36 heavy (non-hydrogen) atoms. The van der Waals surface area contributed by atoms with Crippen molar-refractivity contribution in [2.45, 2.75) is 38.8 Å². The summed E-state index contributed by atoms with van der Waals surface area (Å²) in [5.74, 6) is -2.81. The predicted octanol–water partition coefficient (Wildman–Crippen LogP) is 3.54. The average molecular weight is 492 g/mol. The van der Waals surface area contributed by atoms with Crippen LogP contribution >= 0.6 is 0 Å². The molecule has 4 aromatic rings. The number of nitrogens with zero attached hydrogens (tertiary/aromatic N) is 6. The summed E-state index contributed by atoms with van der Waals surface area (Å²) >= 11 is 0. The summed E-state index contributed by atoms with van der Waals surface area (Å²) in [6.45, 7) is 2.98. The third kappa shape index (κ3) is 3.90. The molecule has 1 aliphatic carbocycles. The molecule has 0 radical (unpaired) electrons. The number of aromatic nitrogens is 5. The molecule has 1 N–H and O–H groups in total. The molecule has 0 atom stereocenters. The monoisotopic (exact) mass is 491 g/mol. The van der Waals surface area contributed by atoms with Crippen molar-refractivity contribution in [1.29, 1.82) is 0 Å². The number of halogens is 2. The fourth-order valence-electron chi connectivity index (χ4n) is 4.72. The standard InChI is InChI=1S/C25H23F2N7O2/c1-15-5-6-16(10-18(15)29-23(35)19-13-28-20-4-2-3-7-33(19)20)22-30-21-14-32(8-9-34(21)31-22)24(36)17-11-25(26,27)12-17/h2-7,10,13,17H,8-9,11-12,14H2,1H3,(H,29,35). The first-order chi connectivity index (χ1) is 17.3. The quantitative estimate of drug-likeness (QED) is 0.471. The lowest BCUT2D eigenvalue weighted by atomic mass is 9.80. The van der Waals surface area contributed by atoms with E-state index >= 15 is 0 Å². The van der Waals surface area contributed by atoms with Crippen LogP contribution in [-0.2, 0) is 17.9 Å². The minimum Gasteiger partial charge on any atom is -0.333 e. The van der Waals surface area contributed by atoms with Gasteiger partial charge in [-0.1, -0.05) is 18.2 Å². The van der Waals surface area contributed by atoms with Crippen LogP contribution in [0.4, 0.5) is 14.5 Å². The van der Waals surface area contributed by atoms with Crippen molar-refractivity contribution in [3.8, 4) is 11.4 Å². The smallest absolute Gasteiger partial charge is 0.274 e. The number of alkyl halides is 2. The number of nitrogens with one attached hydrogen (secondary N) is 1. The van der Waals surface area contributed by atoms with Gasteiger partial charge in [0.2, 0.25) is 11.8 Å². The first kappa shape index (κ1) is 22.3. The molecule has 1 fully saturated rings. The van der Waals surface area contributed by atoms with Gasteiger partial charge >= 0.3 is 0 Å². The fraction of sp³-hybridized carbons (Fsp3) is 0.320. The van der Waals surface area contributed by atoms with Gasteiger partial charge in [0.25, 0.3) is 5.91 Å². The number of pyridine rings is 1. The second kappa shape index (κ2) is 8.21. The zero-order valence-corrected chi connectivity index (χ0v) is 19.5. The molecule has 11 heteroatoms. The number of imidazole rings is 1. The van der Waals surface area contributed by atoms with Gasteiger partial charge in [0, 0.05) is 42.8 Å². The van der Waals surface area contributed by atoms with Crippen molar-refractivity contribution < 1.29 is 18.4 Å². The van der Waals surface area contributed by atoms with Gasteiger partial charge in [-0.2, -0.15) is 5.10 Å². The van der Waals surface area contributed by atoms with Crippen LogP contribution in [0, 0.1) is 12.8 Å². The summed E-state index contributed by atoms with van der Waals surface area (Å²) in [7, 11) is 0. The molecule has 1 saturated carbocycles. The van der Waals surface area contributed by atoms with E-state index in [0.29, 0.717) is 47.3 Å². The number of hydrogen-bond donors (Lipinski definition) is 1. The Balaban J connectivity index is 1.20. The van der Waals surface area contributed by atoms with Crippen LogP contribution in [0.5, 0.6) is 0 Å². The minimum absolute atomic E-state index is 0.234. The highest BCUT2D eigenvalue weighted by molar-refractivity contribution is 6.04. The van der Waals surface area contributed by atoms with Crippen molar-refractivity contribution in [2.75, 3.05) is 11.9 Å². The lowest BCUT2D eigenvalue weighted by Crippen LogP contribution is -2.48. The molecule has 2 amide bonds. The minimum atomic E-state index is -2.73. The van der Waals surface area contributed by atoms with Gasteiger partial charge < -0.3 is 10.2 Å². The maximum absolute atomic E-state index is 13.2. The highest BCUT2D eigenvalue weighted by atomic mass is 19.3. The summed E-state index contributed by atoms with van der Waals surface area (Å²) in [5.41, 5.74) is 3.31. The molecule has 1 aliphatic heterocycles. The number of benzene rings is 1. The second-order valence-electron chi connectivity index (χ2n) is 9.35. The van der Waals surface area contributed by atoms with E-state index in [9.17, 15) is 18.4 Å². The molecule has 3 aromatic heterocycles. The normalized spacial score (nSPS) is 17.0. The van der Waals surface area contributed by atoms with Gasteiger partial charge in [-0.05, 0) is 30.7 Å². The Morgan fingerprint density at radius 3 is 2.78 bits per heavy atom. The van der Waals surface area contributed by atoms with Crippen LogP contribution in [0.2, 0.25) is 0 Å². The Hall–Kier alpha value is -4.15. The summed E-state index contributed by atoms with van der Waals surface area (Å²) in [5, 5.41) is 7.53. The molecular formula is C25H23F2N7O2. The van der Waals surface area contributed by atoms with E-state index in [-0.39, 0.29) is 31.2 Å². The van der Waals surface area contributed by atoms with E-state index in [1.54, 1.807) is 20.2 Å². The summed E-state index contributed by atoms with van der Waals surface area (Å²) in [6, 6.07) is 11.1. The molecule has 0 saturated heterocycles. The Labute approximate surface area is 204 Å². The maximum Gasteiger partial charge on any atom is 0.274 e. The molecule has 9 nitrogen and oxygen atoms in total. The number of carbonyl (C=O) groups is 2. The predicted molar refractivity (Wildman–Crippen MR) is 126 cm³/mol. The van der Waals surface area contributed by atoms with E-state index < -0.39 is 11.8 Å². The second-order valence-corrected chi connectivity index (χ2v) is 9.35. The van der Waals surface area contributed by atoms with Gasteiger partial charge in [0.05, 0.1) is 19.3 Å². The molecule has 0 unspecified atom stereocenters. The lowest BCUT2D eigenvalue weighted by molar-refractivity contribution is -0.161. The molecule has 2 aliphatic rings. The zero-order valence-electron chi connectivity index (χ0n) is 19.5. The molecule has 6 rings (SSSR count). The van der Waals surface area contributed by atoms with Crippen molar-refractivity contribution >= 4 is 23.1 Å². The highest BCUT2D eigenvalue weighted by Crippen LogP contribution is 2.43. The molecule has 1 aromatic carbocycles. The lowest BCUT2D eigenvalue weighted by Gasteiger charge is -2.38. The van der Waals surface area contributed by atoms with Gasteiger partial charge in [0.1, 0.15) is 17.2 Å². The van der Waals surface area contributed by atoms with Crippen LogP contribution in [0.15, 0.2) is 48.8 Å². The van der Waals surface area contributed by atoms with E-state index in [0.717, 1.165) is 5.56 Å². The van der Waals surface area contributed by atoms with E-state index in [1.165, 1.54) is 6.20 Å². The van der Waals surface area contributed by atoms with E-state index in [2.05, 4.69) is 20.4 Å². The zero-order chi connectivity index (χ0) is 25.0. The van der Waals surface area contributed by atoms with Crippen molar-refractivity contribution in [2.24, 2.45) is 5.92 Å². The molecular weight excluding hydrogens is 468 g/mol. The summed E-state index contributed by atoms with van der Waals surface area (Å²) in [4.78, 5) is 36.1. The van der Waals surface area contributed by atoms with Gasteiger partial charge in [-0.3, -0.25) is 14.0 Å². The Morgan fingerprint density at radius 1 is 1.14 bits per heavy atom. The van der Waals surface area contributed by atoms with Crippen molar-refractivity contribution in [3.63, 3.8) is 0 Å². The number of aryl methyl sites for hydroxylation is 1. The van der Waals surface area contributed by atoms with Crippen molar-refractivity contribution in [1.82, 2.24) is 29.0 Å². The summed E-state index contributed by atoms with van der Waals surface area (Å²) < 4.78 is 29.9. The van der Waals surface area contributed by atoms with Crippen LogP contribution in [0.1, 0.15) is 34.7 Å². The topological polar surface area (TPSA) is 97.4 Å². The number of fused-ring (bicyclic) bond motifs is 2. The highest BCUT2D eigenvalue weighted by Gasteiger charge is 2.50. The molecule has 4 heterocycles.